The molecule has 1 amide bonds. The van der Waals surface area contributed by atoms with Crippen LogP contribution in [-0.4, -0.2) is 42.2 Å². The quantitative estimate of drug-likeness (QED) is 0.819. The fourth-order valence-corrected chi connectivity index (χ4v) is 1.92. The molecule has 1 heterocycles. The molecule has 1 aliphatic carbocycles. The first kappa shape index (κ1) is 14.1. The number of halogens is 1. The van der Waals surface area contributed by atoms with Crippen molar-refractivity contribution in [2.45, 2.75) is 18.9 Å². The first-order valence-electron chi connectivity index (χ1n) is 6.33. The Morgan fingerprint density at radius 2 is 2.37 bits per heavy atom. The zero-order valence-corrected chi connectivity index (χ0v) is 11.6. The molecule has 104 valence electrons. The van der Waals surface area contributed by atoms with Crippen LogP contribution in [0.25, 0.3) is 0 Å². The number of carbonyl (C=O) groups excluding carboxylic acids is 1. The molecule has 1 unspecified atom stereocenters. The molecule has 0 aromatic carbocycles. The topological polar surface area (TPSA) is 65.5 Å². The maximum atomic E-state index is 11.7. The number of pyridine rings is 1. The summed E-state index contributed by atoms with van der Waals surface area (Å²) < 4.78 is 0. The van der Waals surface area contributed by atoms with Crippen LogP contribution < -0.4 is 10.2 Å². The van der Waals surface area contributed by atoms with Crippen LogP contribution in [-0.2, 0) is 4.79 Å². The van der Waals surface area contributed by atoms with Gasteiger partial charge in [0.15, 0.2) is 0 Å². The highest BCUT2D eigenvalue weighted by atomic mass is 35.5. The standard InChI is InChI=1S/C13H18ClN3O2/c1-17(12-5-4-10(14)6-15-12)8-13(19)16-7-11(18)9-2-3-9/h4-6,9,11,18H,2-3,7-8H2,1H3,(H,16,19). The zero-order valence-electron chi connectivity index (χ0n) is 10.8. The third-order valence-corrected chi connectivity index (χ3v) is 3.38. The van der Waals surface area contributed by atoms with Gasteiger partial charge < -0.3 is 15.3 Å². The van der Waals surface area contributed by atoms with Crippen molar-refractivity contribution < 1.29 is 9.90 Å². The van der Waals surface area contributed by atoms with E-state index in [2.05, 4.69) is 10.3 Å². The number of aliphatic hydroxyl groups excluding tert-OH is 1. The van der Waals surface area contributed by atoms with E-state index in [0.29, 0.717) is 23.3 Å². The van der Waals surface area contributed by atoms with Gasteiger partial charge in [-0.3, -0.25) is 4.79 Å². The van der Waals surface area contributed by atoms with Crippen LogP contribution in [0.3, 0.4) is 0 Å². The number of carbonyl (C=O) groups is 1. The second-order valence-electron chi connectivity index (χ2n) is 4.90. The summed E-state index contributed by atoms with van der Waals surface area (Å²) in [5, 5.41) is 13.0. The number of hydrogen-bond acceptors (Lipinski definition) is 4. The van der Waals surface area contributed by atoms with E-state index in [0.717, 1.165) is 12.8 Å². The zero-order chi connectivity index (χ0) is 13.8. The maximum absolute atomic E-state index is 11.7. The minimum atomic E-state index is -0.414. The predicted octanol–water partition coefficient (Wildman–Crippen LogP) is 1.06. The normalized spacial score (nSPS) is 15.9. The second-order valence-corrected chi connectivity index (χ2v) is 5.34. The van der Waals surface area contributed by atoms with Gasteiger partial charge in [-0.2, -0.15) is 0 Å². The van der Waals surface area contributed by atoms with E-state index in [-0.39, 0.29) is 12.5 Å². The Kier molecular flexibility index (Phi) is 4.61. The molecule has 2 N–H and O–H groups in total. The van der Waals surface area contributed by atoms with E-state index >= 15 is 0 Å². The first-order chi connectivity index (χ1) is 9.06. The summed E-state index contributed by atoms with van der Waals surface area (Å²) in [7, 11) is 1.78. The van der Waals surface area contributed by atoms with Crippen LogP contribution in [0.15, 0.2) is 18.3 Å². The molecule has 0 aliphatic heterocycles. The maximum Gasteiger partial charge on any atom is 0.239 e. The van der Waals surface area contributed by atoms with Gasteiger partial charge in [-0.25, -0.2) is 4.98 Å². The summed E-state index contributed by atoms with van der Waals surface area (Å²) in [6.07, 6.45) is 3.25. The van der Waals surface area contributed by atoms with Crippen LogP contribution in [0.4, 0.5) is 5.82 Å². The number of nitrogens with zero attached hydrogens (tertiary/aromatic N) is 2. The number of hydrogen-bond donors (Lipinski definition) is 2. The SMILES string of the molecule is CN(CC(=O)NCC(O)C1CC1)c1ccc(Cl)cn1. The van der Waals surface area contributed by atoms with Gasteiger partial charge in [-0.1, -0.05) is 11.6 Å². The number of aromatic nitrogens is 1. The van der Waals surface area contributed by atoms with Crippen molar-refractivity contribution in [3.8, 4) is 0 Å². The highest BCUT2D eigenvalue weighted by molar-refractivity contribution is 6.30. The molecule has 19 heavy (non-hydrogen) atoms. The Labute approximate surface area is 117 Å². The molecule has 1 aliphatic rings. The molecule has 1 fully saturated rings. The fourth-order valence-electron chi connectivity index (χ4n) is 1.81. The molecule has 0 saturated heterocycles. The average molecular weight is 284 g/mol. The van der Waals surface area contributed by atoms with Gasteiger partial charge >= 0.3 is 0 Å². The van der Waals surface area contributed by atoms with Crippen LogP contribution >= 0.6 is 11.6 Å². The Morgan fingerprint density at radius 3 is 2.95 bits per heavy atom. The van der Waals surface area contributed by atoms with E-state index in [1.165, 1.54) is 0 Å². The number of amides is 1. The van der Waals surface area contributed by atoms with Crippen LogP contribution in [0.5, 0.6) is 0 Å². The van der Waals surface area contributed by atoms with Gasteiger partial charge in [0.25, 0.3) is 0 Å². The molecule has 0 bridgehead atoms. The van der Waals surface area contributed by atoms with E-state index in [1.807, 2.05) is 0 Å². The lowest BCUT2D eigenvalue weighted by molar-refractivity contribution is -0.120. The molecule has 2 rings (SSSR count). The van der Waals surface area contributed by atoms with Gasteiger partial charge in [0.05, 0.1) is 17.7 Å². The lowest BCUT2D eigenvalue weighted by Gasteiger charge is -2.18. The Balaban J connectivity index is 1.76. The molecule has 5 nitrogen and oxygen atoms in total. The minimum absolute atomic E-state index is 0.126. The van der Waals surface area contributed by atoms with E-state index < -0.39 is 6.10 Å². The molecule has 1 saturated carbocycles. The third-order valence-electron chi connectivity index (χ3n) is 3.16. The highest BCUT2D eigenvalue weighted by Gasteiger charge is 2.29. The third kappa shape index (κ3) is 4.36. The first-order valence-corrected chi connectivity index (χ1v) is 6.71. The average Bonchev–Trinajstić information content (AvgIpc) is 3.21. The van der Waals surface area contributed by atoms with E-state index in [9.17, 15) is 9.90 Å². The van der Waals surface area contributed by atoms with Crippen molar-refractivity contribution >= 4 is 23.3 Å². The Hall–Kier alpha value is -1.33. The summed E-state index contributed by atoms with van der Waals surface area (Å²) in [5.74, 6) is 0.928. The van der Waals surface area contributed by atoms with Crippen molar-refractivity contribution in [2.75, 3.05) is 25.0 Å². The number of rotatable bonds is 6. The number of anilines is 1. The highest BCUT2D eigenvalue weighted by Crippen LogP contribution is 2.32. The summed E-state index contributed by atoms with van der Waals surface area (Å²) in [6.45, 7) is 0.525. The molecule has 1 aromatic heterocycles. The molecule has 1 atom stereocenters. The van der Waals surface area contributed by atoms with Gasteiger partial charge in [0.2, 0.25) is 5.91 Å². The second kappa shape index (κ2) is 6.21. The Bertz CT molecular complexity index is 434. The minimum Gasteiger partial charge on any atom is -0.391 e. The molecule has 0 spiro atoms. The molecular formula is C13H18ClN3O2. The van der Waals surface area contributed by atoms with E-state index in [1.54, 1.807) is 30.3 Å². The monoisotopic (exact) mass is 283 g/mol. The summed E-state index contributed by atoms with van der Waals surface area (Å²) in [5.41, 5.74) is 0. The van der Waals surface area contributed by atoms with Crippen molar-refractivity contribution in [2.24, 2.45) is 5.92 Å². The number of nitrogens with one attached hydrogen (secondary N) is 1. The van der Waals surface area contributed by atoms with Crippen molar-refractivity contribution in [1.82, 2.24) is 10.3 Å². The van der Waals surface area contributed by atoms with Crippen LogP contribution in [0.2, 0.25) is 5.02 Å². The van der Waals surface area contributed by atoms with Gasteiger partial charge in [0, 0.05) is 19.8 Å². The molecular weight excluding hydrogens is 266 g/mol. The molecule has 0 radical (unpaired) electrons. The number of aliphatic hydroxyl groups is 1. The largest absolute Gasteiger partial charge is 0.391 e. The van der Waals surface area contributed by atoms with Crippen LogP contribution in [0.1, 0.15) is 12.8 Å². The van der Waals surface area contributed by atoms with Crippen molar-refractivity contribution in [3.63, 3.8) is 0 Å². The van der Waals surface area contributed by atoms with Crippen LogP contribution in [0, 0.1) is 5.92 Å². The number of likely N-dealkylation sites (N-methyl/N-ethyl adjacent to an activating group) is 1. The molecule has 6 heteroatoms. The van der Waals surface area contributed by atoms with E-state index in [4.69, 9.17) is 11.6 Å². The summed E-state index contributed by atoms with van der Waals surface area (Å²) >= 11 is 5.75. The lowest BCUT2D eigenvalue weighted by Crippen LogP contribution is -2.39. The fraction of sp³-hybridized carbons (Fsp3) is 0.538. The lowest BCUT2D eigenvalue weighted by atomic mass is 10.2. The Morgan fingerprint density at radius 1 is 1.63 bits per heavy atom. The van der Waals surface area contributed by atoms with Gasteiger partial charge in [-0.05, 0) is 30.9 Å². The van der Waals surface area contributed by atoms with Crippen molar-refractivity contribution in [3.05, 3.63) is 23.4 Å². The summed E-state index contributed by atoms with van der Waals surface area (Å²) in [6, 6.07) is 3.49. The smallest absolute Gasteiger partial charge is 0.239 e. The van der Waals surface area contributed by atoms with Gasteiger partial charge in [0.1, 0.15) is 5.82 Å². The summed E-state index contributed by atoms with van der Waals surface area (Å²) in [4.78, 5) is 17.6. The van der Waals surface area contributed by atoms with Gasteiger partial charge in [-0.15, -0.1) is 0 Å². The predicted molar refractivity (Wildman–Crippen MR) is 74.3 cm³/mol. The van der Waals surface area contributed by atoms with Crippen molar-refractivity contribution in [1.29, 1.82) is 0 Å². The molecule has 1 aromatic rings.